The Morgan fingerprint density at radius 2 is 1.88 bits per heavy atom. The molecule has 2 atom stereocenters. The maximum absolute atomic E-state index is 12.9. The number of Topliss-reactive ketones (excluding diaryl/α,β-unsaturated/α-hetero) is 1. The predicted octanol–water partition coefficient (Wildman–Crippen LogP) is 2.85. The number of aromatic amines is 1. The molecule has 0 saturated carbocycles. The number of H-pyrrole nitrogens is 1. The summed E-state index contributed by atoms with van der Waals surface area (Å²) in [5.74, 6) is 1.05. The van der Waals surface area contributed by atoms with Gasteiger partial charge in [-0.2, -0.15) is 0 Å². The first-order chi connectivity index (χ1) is 12.1. The largest absolute Gasteiger partial charge is 0.494 e. The van der Waals surface area contributed by atoms with E-state index in [0.29, 0.717) is 6.61 Å². The van der Waals surface area contributed by atoms with Gasteiger partial charge in [-0.05, 0) is 44.2 Å². The second-order valence-corrected chi connectivity index (χ2v) is 6.43. The van der Waals surface area contributed by atoms with Gasteiger partial charge in [-0.3, -0.25) is 4.79 Å². The molecule has 0 amide bonds. The lowest BCUT2D eigenvalue weighted by molar-refractivity contribution is -0.907. The molecule has 1 unspecified atom stereocenters. The van der Waals surface area contributed by atoms with Crippen LogP contribution in [0.3, 0.4) is 0 Å². The lowest BCUT2D eigenvalue weighted by atomic mass is 10.0. The van der Waals surface area contributed by atoms with E-state index in [1.165, 1.54) is 10.5 Å². The second-order valence-electron chi connectivity index (χ2n) is 6.43. The highest BCUT2D eigenvalue weighted by Gasteiger charge is 2.25. The summed E-state index contributed by atoms with van der Waals surface area (Å²) in [5, 5.41) is 0.994. The van der Waals surface area contributed by atoms with E-state index < -0.39 is 0 Å². The molecule has 2 N–H and O–H groups in total. The number of para-hydroxylation sites is 1. The van der Waals surface area contributed by atoms with Gasteiger partial charge in [0.1, 0.15) is 18.3 Å². The zero-order valence-electron chi connectivity index (χ0n) is 15.0. The molecule has 0 spiro atoms. The third-order valence-electron chi connectivity index (χ3n) is 4.70. The summed E-state index contributed by atoms with van der Waals surface area (Å²) < 4.78 is 5.48. The summed E-state index contributed by atoms with van der Waals surface area (Å²) in [4.78, 5) is 17.3. The minimum absolute atomic E-state index is 0.120. The van der Waals surface area contributed by atoms with Crippen molar-refractivity contribution in [3.63, 3.8) is 0 Å². The van der Waals surface area contributed by atoms with E-state index in [-0.39, 0.29) is 11.8 Å². The molecule has 1 heterocycles. The lowest BCUT2D eigenvalue weighted by Crippen LogP contribution is -3.12. The average molecular weight is 337 g/mol. The SMILES string of the molecule is CCOc1ccc(C[NH+](C)[C@@H](C)C(=O)c2c[nH]c3ccccc23)cc1. The minimum Gasteiger partial charge on any atom is -0.494 e. The Morgan fingerprint density at radius 3 is 2.60 bits per heavy atom. The molecular weight excluding hydrogens is 312 g/mol. The molecule has 25 heavy (non-hydrogen) atoms. The van der Waals surface area contributed by atoms with Crippen molar-refractivity contribution in [1.82, 2.24) is 4.98 Å². The van der Waals surface area contributed by atoms with Crippen LogP contribution in [-0.4, -0.2) is 30.5 Å². The maximum Gasteiger partial charge on any atom is 0.221 e. The Balaban J connectivity index is 1.71. The van der Waals surface area contributed by atoms with Crippen LogP contribution < -0.4 is 9.64 Å². The summed E-state index contributed by atoms with van der Waals surface area (Å²) >= 11 is 0. The van der Waals surface area contributed by atoms with Crippen LogP contribution in [0.5, 0.6) is 5.75 Å². The minimum atomic E-state index is -0.120. The average Bonchev–Trinajstić information content (AvgIpc) is 3.06. The molecule has 0 aliphatic rings. The third-order valence-corrected chi connectivity index (χ3v) is 4.70. The number of ketones is 1. The normalized spacial score (nSPS) is 13.6. The van der Waals surface area contributed by atoms with E-state index in [0.717, 1.165) is 28.8 Å². The maximum atomic E-state index is 12.9. The summed E-state index contributed by atoms with van der Waals surface area (Å²) in [5.41, 5.74) is 2.97. The highest BCUT2D eigenvalue weighted by Crippen LogP contribution is 2.18. The van der Waals surface area contributed by atoms with Crippen LogP contribution in [-0.2, 0) is 6.54 Å². The molecular formula is C21H25N2O2+. The number of fused-ring (bicyclic) bond motifs is 1. The standard InChI is InChI=1S/C21H24N2O2/c1-4-25-17-11-9-16(10-12-17)14-23(3)15(2)21(24)19-13-22-20-8-6-5-7-18(19)20/h5-13,15,22H,4,14H2,1-3H3/p+1/t15-/m0/s1. The molecule has 0 saturated heterocycles. The van der Waals surface area contributed by atoms with Gasteiger partial charge in [0.2, 0.25) is 5.78 Å². The number of likely N-dealkylation sites (N-methyl/N-ethyl adjacent to an activating group) is 1. The summed E-state index contributed by atoms with van der Waals surface area (Å²) in [6.07, 6.45) is 1.83. The first-order valence-corrected chi connectivity index (χ1v) is 8.74. The van der Waals surface area contributed by atoms with Crippen molar-refractivity contribution in [2.45, 2.75) is 26.4 Å². The van der Waals surface area contributed by atoms with Gasteiger partial charge in [-0.25, -0.2) is 0 Å². The Bertz CT molecular complexity index is 852. The van der Waals surface area contributed by atoms with Crippen molar-refractivity contribution < 1.29 is 14.4 Å². The molecule has 130 valence electrons. The zero-order chi connectivity index (χ0) is 17.8. The Kier molecular flexibility index (Phi) is 5.19. The number of nitrogens with one attached hydrogen (secondary N) is 2. The fraction of sp³-hybridized carbons (Fsp3) is 0.286. The van der Waals surface area contributed by atoms with Crippen LogP contribution in [0.25, 0.3) is 10.9 Å². The summed E-state index contributed by atoms with van der Waals surface area (Å²) in [7, 11) is 2.06. The number of hydrogen-bond donors (Lipinski definition) is 2. The molecule has 2 aromatic carbocycles. The quantitative estimate of drug-likeness (QED) is 0.651. The number of carbonyl (C=O) groups is 1. The predicted molar refractivity (Wildman–Crippen MR) is 100 cm³/mol. The first kappa shape index (κ1) is 17.2. The van der Waals surface area contributed by atoms with E-state index in [9.17, 15) is 4.79 Å². The van der Waals surface area contributed by atoms with Crippen LogP contribution in [0.15, 0.2) is 54.7 Å². The summed E-state index contributed by atoms with van der Waals surface area (Å²) in [6, 6.07) is 15.9. The number of hydrogen-bond acceptors (Lipinski definition) is 2. The molecule has 4 nitrogen and oxygen atoms in total. The highest BCUT2D eigenvalue weighted by molar-refractivity contribution is 6.09. The molecule has 1 aromatic heterocycles. The zero-order valence-corrected chi connectivity index (χ0v) is 15.0. The highest BCUT2D eigenvalue weighted by atomic mass is 16.5. The molecule has 0 fully saturated rings. The van der Waals surface area contributed by atoms with Gasteiger partial charge in [0.25, 0.3) is 0 Å². The first-order valence-electron chi connectivity index (χ1n) is 8.74. The number of rotatable bonds is 7. The third kappa shape index (κ3) is 3.74. The van der Waals surface area contributed by atoms with Crippen molar-refractivity contribution >= 4 is 16.7 Å². The molecule has 4 heteroatoms. The monoisotopic (exact) mass is 337 g/mol. The van der Waals surface area contributed by atoms with Gasteiger partial charge in [-0.1, -0.05) is 18.2 Å². The number of aromatic nitrogens is 1. The fourth-order valence-corrected chi connectivity index (χ4v) is 3.08. The van der Waals surface area contributed by atoms with Crippen LogP contribution in [0.4, 0.5) is 0 Å². The van der Waals surface area contributed by atoms with Gasteiger partial charge in [0, 0.05) is 28.2 Å². The van der Waals surface area contributed by atoms with Gasteiger partial charge < -0.3 is 14.6 Å². The van der Waals surface area contributed by atoms with Gasteiger partial charge >= 0.3 is 0 Å². The number of quaternary nitrogens is 1. The van der Waals surface area contributed by atoms with Crippen molar-refractivity contribution in [3.8, 4) is 5.75 Å². The van der Waals surface area contributed by atoms with E-state index in [1.54, 1.807) is 0 Å². The van der Waals surface area contributed by atoms with Crippen molar-refractivity contribution in [3.05, 3.63) is 65.9 Å². The smallest absolute Gasteiger partial charge is 0.221 e. The van der Waals surface area contributed by atoms with Gasteiger partial charge in [-0.15, -0.1) is 0 Å². The van der Waals surface area contributed by atoms with Gasteiger partial charge in [0.05, 0.1) is 13.7 Å². The molecule has 0 bridgehead atoms. The molecule has 0 radical (unpaired) electrons. The molecule has 0 aliphatic carbocycles. The lowest BCUT2D eigenvalue weighted by Gasteiger charge is -2.20. The van der Waals surface area contributed by atoms with Crippen LogP contribution in [0.1, 0.15) is 29.8 Å². The topological polar surface area (TPSA) is 46.5 Å². The fourth-order valence-electron chi connectivity index (χ4n) is 3.08. The van der Waals surface area contributed by atoms with E-state index in [2.05, 4.69) is 24.2 Å². The second kappa shape index (κ2) is 7.53. The van der Waals surface area contributed by atoms with Crippen molar-refractivity contribution in [2.75, 3.05) is 13.7 Å². The van der Waals surface area contributed by atoms with Crippen LogP contribution in [0, 0.1) is 0 Å². The van der Waals surface area contributed by atoms with E-state index >= 15 is 0 Å². The van der Waals surface area contributed by atoms with E-state index in [1.807, 2.05) is 56.4 Å². The Labute approximate surface area is 148 Å². The molecule has 3 rings (SSSR count). The van der Waals surface area contributed by atoms with Crippen molar-refractivity contribution in [2.24, 2.45) is 0 Å². The van der Waals surface area contributed by atoms with Crippen LogP contribution >= 0.6 is 0 Å². The number of benzene rings is 2. The number of ether oxygens (including phenoxy) is 1. The van der Waals surface area contributed by atoms with E-state index in [4.69, 9.17) is 4.74 Å². The van der Waals surface area contributed by atoms with Crippen molar-refractivity contribution in [1.29, 1.82) is 0 Å². The number of carbonyl (C=O) groups excluding carboxylic acids is 1. The Morgan fingerprint density at radius 1 is 1.16 bits per heavy atom. The summed E-state index contributed by atoms with van der Waals surface area (Å²) in [6.45, 7) is 5.43. The Hall–Kier alpha value is -2.59. The van der Waals surface area contributed by atoms with Gasteiger partial charge in [0.15, 0.2) is 0 Å². The molecule has 0 aliphatic heterocycles. The molecule has 3 aromatic rings. The van der Waals surface area contributed by atoms with Crippen LogP contribution in [0.2, 0.25) is 0 Å².